The van der Waals surface area contributed by atoms with Crippen molar-refractivity contribution in [3.63, 3.8) is 0 Å². The molecule has 0 amide bonds. The Morgan fingerprint density at radius 1 is 1.56 bits per heavy atom. The van der Waals surface area contributed by atoms with Gasteiger partial charge in [-0.3, -0.25) is 10.1 Å². The van der Waals surface area contributed by atoms with E-state index in [2.05, 4.69) is 12.2 Å². The Labute approximate surface area is 111 Å². The topological polar surface area (TPSA) is 55.2 Å². The second-order valence-corrected chi connectivity index (χ2v) is 6.25. The maximum absolute atomic E-state index is 10.9. The largest absolute Gasteiger partial charge is 0.309 e. The standard InChI is InChI=1S/C13H18N2O2S/c1-9-6-12(8-18-9)14-7-11-4-3-5-13(10(11)2)15(16)17/h3-5,9,12,14H,6-8H2,1-2H3. The summed E-state index contributed by atoms with van der Waals surface area (Å²) < 4.78 is 0. The van der Waals surface area contributed by atoms with Crippen molar-refractivity contribution < 1.29 is 4.92 Å². The molecule has 1 N–H and O–H groups in total. The molecule has 0 bridgehead atoms. The maximum Gasteiger partial charge on any atom is 0.272 e. The van der Waals surface area contributed by atoms with Crippen LogP contribution in [0.5, 0.6) is 0 Å². The van der Waals surface area contributed by atoms with Gasteiger partial charge in [-0.15, -0.1) is 0 Å². The molecule has 1 aromatic carbocycles. The van der Waals surface area contributed by atoms with Crippen LogP contribution in [0, 0.1) is 17.0 Å². The van der Waals surface area contributed by atoms with Crippen LogP contribution in [0.2, 0.25) is 0 Å². The fourth-order valence-electron chi connectivity index (χ4n) is 2.27. The molecular formula is C13H18N2O2S. The van der Waals surface area contributed by atoms with Crippen molar-refractivity contribution in [2.75, 3.05) is 5.75 Å². The molecule has 0 aromatic heterocycles. The molecule has 1 fully saturated rings. The Hall–Kier alpha value is -1.07. The number of hydrogen-bond donors (Lipinski definition) is 1. The van der Waals surface area contributed by atoms with E-state index in [1.54, 1.807) is 12.1 Å². The highest BCUT2D eigenvalue weighted by atomic mass is 32.2. The Morgan fingerprint density at radius 3 is 2.94 bits per heavy atom. The van der Waals surface area contributed by atoms with Gasteiger partial charge in [0.15, 0.2) is 0 Å². The minimum atomic E-state index is -0.313. The van der Waals surface area contributed by atoms with Crippen molar-refractivity contribution in [3.05, 3.63) is 39.4 Å². The SMILES string of the molecule is Cc1c(CNC2CSC(C)C2)cccc1[N+](=O)[O-]. The van der Waals surface area contributed by atoms with Gasteiger partial charge in [0.05, 0.1) is 4.92 Å². The molecule has 2 rings (SSSR count). The molecule has 2 unspecified atom stereocenters. The molecule has 98 valence electrons. The zero-order chi connectivity index (χ0) is 13.1. The lowest BCUT2D eigenvalue weighted by atomic mass is 10.1. The molecule has 5 heteroatoms. The summed E-state index contributed by atoms with van der Waals surface area (Å²) in [6, 6.07) is 5.81. The average molecular weight is 266 g/mol. The van der Waals surface area contributed by atoms with Gasteiger partial charge in [0, 0.05) is 35.2 Å². The van der Waals surface area contributed by atoms with Gasteiger partial charge in [-0.05, 0) is 18.9 Å². The smallest absolute Gasteiger partial charge is 0.272 e. The summed E-state index contributed by atoms with van der Waals surface area (Å²) >= 11 is 1.98. The van der Waals surface area contributed by atoms with E-state index >= 15 is 0 Å². The van der Waals surface area contributed by atoms with Crippen LogP contribution < -0.4 is 5.32 Å². The lowest BCUT2D eigenvalue weighted by Crippen LogP contribution is -2.28. The molecule has 1 aromatic rings. The van der Waals surface area contributed by atoms with Crippen LogP contribution in [-0.2, 0) is 6.54 Å². The van der Waals surface area contributed by atoms with E-state index < -0.39 is 0 Å². The lowest BCUT2D eigenvalue weighted by Gasteiger charge is -2.13. The molecule has 0 spiro atoms. The second kappa shape index (κ2) is 5.71. The van der Waals surface area contributed by atoms with Crippen molar-refractivity contribution in [3.8, 4) is 0 Å². The predicted molar refractivity (Wildman–Crippen MR) is 75.0 cm³/mol. The van der Waals surface area contributed by atoms with Crippen LogP contribution in [0.4, 0.5) is 5.69 Å². The highest BCUT2D eigenvalue weighted by Crippen LogP contribution is 2.27. The minimum Gasteiger partial charge on any atom is -0.309 e. The first-order valence-electron chi connectivity index (χ1n) is 6.16. The molecule has 18 heavy (non-hydrogen) atoms. The zero-order valence-electron chi connectivity index (χ0n) is 10.7. The summed E-state index contributed by atoms with van der Waals surface area (Å²) in [4.78, 5) is 10.5. The number of nitrogens with zero attached hydrogens (tertiary/aromatic N) is 1. The van der Waals surface area contributed by atoms with E-state index in [0.29, 0.717) is 17.8 Å². The first-order valence-corrected chi connectivity index (χ1v) is 7.20. The Bertz CT molecular complexity index is 451. The molecule has 1 aliphatic heterocycles. The molecule has 0 saturated carbocycles. The summed E-state index contributed by atoms with van der Waals surface area (Å²) in [5.41, 5.74) is 2.01. The highest BCUT2D eigenvalue weighted by molar-refractivity contribution is 8.00. The van der Waals surface area contributed by atoms with Crippen molar-refractivity contribution in [1.29, 1.82) is 0 Å². The van der Waals surface area contributed by atoms with E-state index in [1.165, 1.54) is 6.42 Å². The number of hydrogen-bond acceptors (Lipinski definition) is 4. The van der Waals surface area contributed by atoms with Gasteiger partial charge in [-0.25, -0.2) is 0 Å². The fourth-order valence-corrected chi connectivity index (χ4v) is 3.46. The van der Waals surface area contributed by atoms with E-state index in [0.717, 1.165) is 16.9 Å². The Morgan fingerprint density at radius 2 is 2.33 bits per heavy atom. The van der Waals surface area contributed by atoms with Gasteiger partial charge in [0.25, 0.3) is 5.69 Å². The van der Waals surface area contributed by atoms with Gasteiger partial charge in [0.1, 0.15) is 0 Å². The van der Waals surface area contributed by atoms with E-state index in [4.69, 9.17) is 0 Å². The highest BCUT2D eigenvalue weighted by Gasteiger charge is 2.21. The van der Waals surface area contributed by atoms with Crippen molar-refractivity contribution in [2.24, 2.45) is 0 Å². The first-order chi connectivity index (χ1) is 8.58. The normalized spacial score (nSPS) is 23.2. The van der Waals surface area contributed by atoms with Crippen molar-refractivity contribution >= 4 is 17.4 Å². The average Bonchev–Trinajstić information content (AvgIpc) is 2.73. The molecule has 2 atom stereocenters. The molecule has 1 aliphatic rings. The maximum atomic E-state index is 10.9. The van der Waals surface area contributed by atoms with E-state index in [9.17, 15) is 10.1 Å². The van der Waals surface area contributed by atoms with Crippen LogP contribution >= 0.6 is 11.8 Å². The van der Waals surface area contributed by atoms with Gasteiger partial charge < -0.3 is 5.32 Å². The lowest BCUT2D eigenvalue weighted by molar-refractivity contribution is -0.385. The molecule has 0 aliphatic carbocycles. The van der Waals surface area contributed by atoms with Crippen molar-refractivity contribution in [1.82, 2.24) is 5.32 Å². The Kier molecular flexibility index (Phi) is 4.24. The number of nitro benzene ring substituents is 1. The number of nitro groups is 1. The van der Waals surface area contributed by atoms with Gasteiger partial charge in [0.2, 0.25) is 0 Å². The predicted octanol–water partition coefficient (Wildman–Crippen LogP) is 2.89. The van der Waals surface area contributed by atoms with Crippen molar-refractivity contribution in [2.45, 2.75) is 38.1 Å². The summed E-state index contributed by atoms with van der Waals surface area (Å²) in [6.07, 6.45) is 1.18. The molecule has 1 heterocycles. The number of thioether (sulfide) groups is 1. The Balaban J connectivity index is 2.01. The number of rotatable bonds is 4. The molecule has 1 saturated heterocycles. The number of nitrogens with one attached hydrogen (secondary N) is 1. The van der Waals surface area contributed by atoms with E-state index in [-0.39, 0.29) is 10.6 Å². The summed E-state index contributed by atoms with van der Waals surface area (Å²) in [5, 5.41) is 15.1. The minimum absolute atomic E-state index is 0.212. The fraction of sp³-hybridized carbons (Fsp3) is 0.538. The summed E-state index contributed by atoms with van der Waals surface area (Å²) in [7, 11) is 0. The summed E-state index contributed by atoms with van der Waals surface area (Å²) in [5.74, 6) is 1.13. The third kappa shape index (κ3) is 3.03. The summed E-state index contributed by atoms with van der Waals surface area (Å²) in [6.45, 7) is 4.78. The number of benzene rings is 1. The second-order valence-electron chi connectivity index (χ2n) is 4.78. The van der Waals surface area contributed by atoms with Crippen LogP contribution in [-0.4, -0.2) is 22.0 Å². The third-order valence-corrected chi connectivity index (χ3v) is 4.75. The van der Waals surface area contributed by atoms with Gasteiger partial charge in [-0.2, -0.15) is 11.8 Å². The third-order valence-electron chi connectivity index (χ3n) is 3.39. The van der Waals surface area contributed by atoms with Crippen LogP contribution in [0.15, 0.2) is 18.2 Å². The molecule has 0 radical (unpaired) electrons. The van der Waals surface area contributed by atoms with Crippen LogP contribution in [0.25, 0.3) is 0 Å². The first kappa shape index (κ1) is 13.4. The molecular weight excluding hydrogens is 248 g/mol. The zero-order valence-corrected chi connectivity index (χ0v) is 11.5. The van der Waals surface area contributed by atoms with Crippen LogP contribution in [0.1, 0.15) is 24.5 Å². The quantitative estimate of drug-likeness (QED) is 0.672. The molecule has 4 nitrogen and oxygen atoms in total. The monoisotopic (exact) mass is 266 g/mol. The van der Waals surface area contributed by atoms with Crippen LogP contribution in [0.3, 0.4) is 0 Å². The van der Waals surface area contributed by atoms with Gasteiger partial charge >= 0.3 is 0 Å². The van der Waals surface area contributed by atoms with E-state index in [1.807, 2.05) is 24.8 Å². The van der Waals surface area contributed by atoms with Gasteiger partial charge in [-0.1, -0.05) is 19.1 Å².